The van der Waals surface area contributed by atoms with Gasteiger partial charge in [0.25, 0.3) is 12.3 Å². The highest BCUT2D eigenvalue weighted by Crippen LogP contribution is 2.41. The number of nitriles is 1. The molecule has 0 atom stereocenters. The fraction of sp³-hybridized carbons (Fsp3) is 0.333. The topological polar surface area (TPSA) is 116 Å². The van der Waals surface area contributed by atoms with Gasteiger partial charge in [-0.1, -0.05) is 17.7 Å². The Bertz CT molecular complexity index is 1210. The molecule has 1 aromatic heterocycles. The summed E-state index contributed by atoms with van der Waals surface area (Å²) >= 11 is 6.11. The van der Waals surface area contributed by atoms with Crippen molar-refractivity contribution in [3.8, 4) is 11.9 Å². The van der Waals surface area contributed by atoms with Crippen molar-refractivity contribution >= 4 is 35.1 Å². The van der Waals surface area contributed by atoms with E-state index in [9.17, 15) is 26.7 Å². The van der Waals surface area contributed by atoms with Crippen LogP contribution in [0, 0.1) is 16.7 Å². The Morgan fingerprint density at radius 1 is 1.43 bits per heavy atom. The Labute approximate surface area is 200 Å². The molecule has 0 aliphatic heterocycles. The first-order valence-electron chi connectivity index (χ1n) is 9.97. The van der Waals surface area contributed by atoms with E-state index in [0.29, 0.717) is 12.8 Å². The van der Waals surface area contributed by atoms with Gasteiger partial charge in [-0.25, -0.2) is 13.5 Å². The lowest BCUT2D eigenvalue weighted by atomic mass is 10.0. The number of allylic oxidation sites excluding steroid dienone is 1. The number of benzene rings is 1. The molecule has 14 heteroatoms. The van der Waals surface area contributed by atoms with Crippen molar-refractivity contribution < 1.29 is 31.5 Å². The number of anilines is 1. The summed E-state index contributed by atoms with van der Waals surface area (Å²) in [5.74, 6) is -2.25. The quantitative estimate of drug-likeness (QED) is 0.332. The molecule has 3 N–H and O–H groups in total. The van der Waals surface area contributed by atoms with Gasteiger partial charge >= 0.3 is 6.18 Å². The van der Waals surface area contributed by atoms with E-state index >= 15 is 0 Å². The molecule has 35 heavy (non-hydrogen) atoms. The summed E-state index contributed by atoms with van der Waals surface area (Å²) in [5, 5.41) is 25.4. The van der Waals surface area contributed by atoms with Crippen LogP contribution in [0.15, 0.2) is 24.4 Å². The highest BCUT2D eigenvalue weighted by Gasteiger charge is 2.45. The number of ether oxygens (including phenoxy) is 1. The van der Waals surface area contributed by atoms with Gasteiger partial charge in [0.15, 0.2) is 12.2 Å². The van der Waals surface area contributed by atoms with Gasteiger partial charge in [-0.05, 0) is 30.5 Å². The van der Waals surface area contributed by atoms with Crippen LogP contribution in [0.1, 0.15) is 34.3 Å². The third-order valence-electron chi connectivity index (χ3n) is 5.03. The number of carbonyl (C=O) groups is 1. The van der Waals surface area contributed by atoms with Crippen molar-refractivity contribution in [3.05, 3.63) is 46.1 Å². The molecule has 0 unspecified atom stereocenters. The minimum atomic E-state index is -4.99. The highest BCUT2D eigenvalue weighted by atomic mass is 35.5. The van der Waals surface area contributed by atoms with E-state index in [0.717, 1.165) is 24.1 Å². The molecule has 0 bridgehead atoms. The zero-order valence-electron chi connectivity index (χ0n) is 18.0. The summed E-state index contributed by atoms with van der Waals surface area (Å²) < 4.78 is 71.0. The van der Waals surface area contributed by atoms with E-state index in [-0.39, 0.29) is 21.7 Å². The normalized spacial score (nSPS) is 14.9. The van der Waals surface area contributed by atoms with Gasteiger partial charge in [-0.15, -0.1) is 5.10 Å². The number of hydrogen-bond acceptors (Lipinski definition) is 6. The van der Waals surface area contributed by atoms with Gasteiger partial charge in [0.2, 0.25) is 5.88 Å². The number of nitrogens with zero attached hydrogens (tertiary/aromatic N) is 3. The Morgan fingerprint density at radius 3 is 2.66 bits per heavy atom. The second-order valence-corrected chi connectivity index (χ2v) is 7.99. The first-order chi connectivity index (χ1) is 16.4. The lowest BCUT2D eigenvalue weighted by molar-refractivity contribution is -0.138. The molecule has 1 aromatic carbocycles. The summed E-state index contributed by atoms with van der Waals surface area (Å²) in [5.41, 5.74) is -2.02. The minimum absolute atomic E-state index is 0.0117. The lowest BCUT2D eigenvalue weighted by Crippen LogP contribution is -2.35. The molecule has 1 amide bonds. The van der Waals surface area contributed by atoms with Crippen molar-refractivity contribution in [2.75, 3.05) is 11.9 Å². The Hall–Kier alpha value is -3.66. The van der Waals surface area contributed by atoms with Gasteiger partial charge in [-0.2, -0.15) is 18.4 Å². The maximum absolute atomic E-state index is 13.6. The van der Waals surface area contributed by atoms with Crippen molar-refractivity contribution in [1.29, 1.82) is 10.7 Å². The fourth-order valence-corrected chi connectivity index (χ4v) is 3.27. The predicted octanol–water partition coefficient (Wildman–Crippen LogP) is 4.62. The number of rotatable bonds is 9. The van der Waals surface area contributed by atoms with Gasteiger partial charge in [0.1, 0.15) is 11.4 Å². The highest BCUT2D eigenvalue weighted by molar-refractivity contribution is 6.34. The van der Waals surface area contributed by atoms with Gasteiger partial charge in [-0.3, -0.25) is 4.79 Å². The van der Waals surface area contributed by atoms with Crippen LogP contribution in [-0.2, 0) is 13.2 Å². The average molecular weight is 517 g/mol. The molecule has 186 valence electrons. The molecule has 1 aliphatic carbocycles. The van der Waals surface area contributed by atoms with Gasteiger partial charge in [0.05, 0.1) is 16.7 Å². The van der Waals surface area contributed by atoms with Crippen LogP contribution < -0.4 is 15.4 Å². The number of aromatic nitrogens is 2. The number of alkyl halides is 5. The van der Waals surface area contributed by atoms with E-state index in [4.69, 9.17) is 22.3 Å². The predicted molar refractivity (Wildman–Crippen MR) is 117 cm³/mol. The lowest BCUT2D eigenvalue weighted by Gasteiger charge is -2.13. The molecule has 3 rings (SSSR count). The molecule has 1 aliphatic rings. The van der Waals surface area contributed by atoms with Gasteiger partial charge in [0, 0.05) is 25.0 Å². The number of halogens is 6. The maximum atomic E-state index is 13.6. The largest absolute Gasteiger partial charge is 0.470 e. The zero-order chi connectivity index (χ0) is 26.0. The summed E-state index contributed by atoms with van der Waals surface area (Å²) in [6.45, 7) is -1.27. The van der Waals surface area contributed by atoms with Crippen molar-refractivity contribution in [3.63, 3.8) is 0 Å². The zero-order valence-corrected chi connectivity index (χ0v) is 18.8. The molecular weight excluding hydrogens is 499 g/mol. The van der Waals surface area contributed by atoms with E-state index in [2.05, 4.69) is 20.5 Å². The van der Waals surface area contributed by atoms with E-state index < -0.39 is 47.9 Å². The molecule has 0 spiro atoms. The van der Waals surface area contributed by atoms with Crippen LogP contribution in [-0.4, -0.2) is 40.5 Å². The molecule has 1 fully saturated rings. The summed E-state index contributed by atoms with van der Waals surface area (Å²) in [4.78, 5) is 12.6. The molecular formula is C21H18ClF5N6O2. The second kappa shape index (κ2) is 9.91. The Kier molecular flexibility index (Phi) is 7.35. The second-order valence-electron chi connectivity index (χ2n) is 7.58. The number of carbonyl (C=O) groups excluding carboxylic acids is 1. The molecule has 0 radical (unpaired) electrons. The first-order valence-corrected chi connectivity index (χ1v) is 10.3. The number of amides is 1. The third-order valence-corrected chi connectivity index (χ3v) is 5.36. The maximum Gasteiger partial charge on any atom is 0.425 e. The first kappa shape index (κ1) is 26.0. The van der Waals surface area contributed by atoms with Crippen LogP contribution in [0.3, 0.4) is 0 Å². The molecule has 1 saturated carbocycles. The van der Waals surface area contributed by atoms with E-state index in [1.165, 1.54) is 18.2 Å². The van der Waals surface area contributed by atoms with E-state index in [1.54, 1.807) is 0 Å². The smallest absolute Gasteiger partial charge is 0.425 e. The van der Waals surface area contributed by atoms with Crippen molar-refractivity contribution in [2.24, 2.45) is 7.05 Å². The number of nitrogens with one attached hydrogen (secondary N) is 3. The van der Waals surface area contributed by atoms with Crippen LogP contribution >= 0.6 is 11.6 Å². The molecule has 8 nitrogen and oxygen atoms in total. The van der Waals surface area contributed by atoms with Crippen LogP contribution in [0.2, 0.25) is 5.02 Å². The third kappa shape index (κ3) is 5.89. The number of hydrogen-bond donors (Lipinski definition) is 3. The standard InChI is InChI=1S/C21H18ClF5N6O2/c1-33-17(16(21(25,26)27)19(32-33)35-9-15(23)24)30-8-12(7-28)11-2-3-14(22)13(6-11)18(34)31-20(10-29)4-5-20/h2-3,6-8,15,28,30H,4-5,9H2,1H3,(H,31,34)/b12-8+,28-7?. The van der Waals surface area contributed by atoms with Crippen molar-refractivity contribution in [2.45, 2.75) is 31.0 Å². The number of aryl methyl sites for hydroxylation is 1. The van der Waals surface area contributed by atoms with E-state index in [1.807, 2.05) is 6.07 Å². The van der Waals surface area contributed by atoms with Gasteiger partial charge < -0.3 is 20.8 Å². The van der Waals surface area contributed by atoms with Crippen molar-refractivity contribution in [1.82, 2.24) is 15.1 Å². The Morgan fingerprint density at radius 2 is 2.11 bits per heavy atom. The van der Waals surface area contributed by atoms with Crippen LogP contribution in [0.4, 0.5) is 27.8 Å². The molecule has 1 heterocycles. The fourth-order valence-electron chi connectivity index (χ4n) is 3.07. The summed E-state index contributed by atoms with van der Waals surface area (Å²) in [7, 11) is 1.15. The molecule has 0 saturated heterocycles. The Balaban J connectivity index is 1.92. The summed E-state index contributed by atoms with van der Waals surface area (Å²) in [6, 6.07) is 6.16. The molecule has 2 aromatic rings. The monoisotopic (exact) mass is 516 g/mol. The summed E-state index contributed by atoms with van der Waals surface area (Å²) in [6.07, 6.45) is -5.11. The minimum Gasteiger partial charge on any atom is -0.470 e. The average Bonchev–Trinajstić information content (AvgIpc) is 3.48. The van der Waals surface area contributed by atoms with Crippen LogP contribution in [0.5, 0.6) is 5.88 Å². The SMILES string of the molecule is Cn1nc(OCC(F)F)c(C(F)(F)F)c1N/C=C(\C=N)c1ccc(Cl)c(C(=O)NC2(C#N)CC2)c1. The van der Waals surface area contributed by atoms with Crippen LogP contribution in [0.25, 0.3) is 5.57 Å².